The molecular formula is C13H17N3. The van der Waals surface area contributed by atoms with E-state index in [9.17, 15) is 0 Å². The fourth-order valence-corrected chi connectivity index (χ4v) is 2.01. The zero-order chi connectivity index (χ0) is 11.5. The van der Waals surface area contributed by atoms with Crippen LogP contribution in [0.2, 0.25) is 0 Å². The number of benzene rings is 1. The maximum atomic E-state index is 8.69. The molecule has 3 heteroatoms. The van der Waals surface area contributed by atoms with Crippen LogP contribution in [-0.2, 0) is 0 Å². The van der Waals surface area contributed by atoms with Crippen LogP contribution in [0.1, 0.15) is 24.8 Å². The van der Waals surface area contributed by atoms with Crippen molar-refractivity contribution in [2.75, 3.05) is 17.2 Å². The zero-order valence-electron chi connectivity index (χ0n) is 9.61. The van der Waals surface area contributed by atoms with Crippen molar-refractivity contribution in [2.45, 2.75) is 32.2 Å². The molecule has 1 fully saturated rings. The van der Waals surface area contributed by atoms with Gasteiger partial charge in [-0.05, 0) is 37.5 Å². The summed E-state index contributed by atoms with van der Waals surface area (Å²) in [5.41, 5.74) is 9.07. The van der Waals surface area contributed by atoms with Crippen molar-refractivity contribution in [3.8, 4) is 6.07 Å². The molecule has 1 aliphatic rings. The highest BCUT2D eigenvalue weighted by molar-refractivity contribution is 5.65. The molecule has 0 atom stereocenters. The summed E-state index contributed by atoms with van der Waals surface area (Å²) >= 11 is 0. The molecule has 0 amide bonds. The predicted octanol–water partition coefficient (Wildman–Crippen LogP) is 2.46. The third-order valence-corrected chi connectivity index (χ3v) is 3.11. The van der Waals surface area contributed by atoms with Crippen LogP contribution < -0.4 is 10.6 Å². The van der Waals surface area contributed by atoms with Gasteiger partial charge in [0.15, 0.2) is 0 Å². The Bertz CT molecular complexity index is 416. The summed E-state index contributed by atoms with van der Waals surface area (Å²) in [6, 6.07) is 8.84. The fourth-order valence-electron chi connectivity index (χ4n) is 2.01. The molecule has 0 spiro atoms. The third kappa shape index (κ3) is 2.11. The third-order valence-electron chi connectivity index (χ3n) is 3.11. The Kier molecular flexibility index (Phi) is 3.00. The Morgan fingerprint density at radius 3 is 2.88 bits per heavy atom. The molecule has 2 rings (SSSR count). The van der Waals surface area contributed by atoms with Crippen LogP contribution in [0, 0.1) is 18.3 Å². The number of nitriles is 1. The van der Waals surface area contributed by atoms with Crippen LogP contribution in [0.4, 0.5) is 11.4 Å². The van der Waals surface area contributed by atoms with E-state index in [0.29, 0.717) is 12.5 Å². The van der Waals surface area contributed by atoms with Crippen molar-refractivity contribution in [1.29, 1.82) is 5.26 Å². The maximum absolute atomic E-state index is 8.69. The van der Waals surface area contributed by atoms with E-state index in [2.05, 4.69) is 17.0 Å². The first-order valence-electron chi connectivity index (χ1n) is 5.72. The standard InChI is InChI=1S/C13H17N3/c1-10-12(15)4-2-5-13(10)16(9-3-8-14)11-6-7-11/h2,4-5,11H,3,6-7,9,15H2,1H3. The first kappa shape index (κ1) is 10.8. The number of nitrogens with zero attached hydrogens (tertiary/aromatic N) is 2. The second kappa shape index (κ2) is 4.44. The molecule has 1 aliphatic carbocycles. The topological polar surface area (TPSA) is 53.0 Å². The van der Waals surface area contributed by atoms with E-state index in [-0.39, 0.29) is 0 Å². The Morgan fingerprint density at radius 2 is 2.25 bits per heavy atom. The van der Waals surface area contributed by atoms with Gasteiger partial charge in [-0.2, -0.15) is 5.26 Å². The van der Waals surface area contributed by atoms with E-state index in [1.165, 1.54) is 18.5 Å². The van der Waals surface area contributed by atoms with E-state index in [4.69, 9.17) is 11.0 Å². The summed E-state index contributed by atoms with van der Waals surface area (Å²) < 4.78 is 0. The smallest absolute Gasteiger partial charge is 0.0640 e. The van der Waals surface area contributed by atoms with Crippen LogP contribution in [0.25, 0.3) is 0 Å². The van der Waals surface area contributed by atoms with Gasteiger partial charge in [0.05, 0.1) is 12.5 Å². The summed E-state index contributed by atoms with van der Waals surface area (Å²) in [6.45, 7) is 2.86. The van der Waals surface area contributed by atoms with Gasteiger partial charge in [0, 0.05) is 24.0 Å². The molecule has 1 saturated carbocycles. The van der Waals surface area contributed by atoms with Crippen LogP contribution in [0.3, 0.4) is 0 Å². The summed E-state index contributed by atoms with van der Waals surface area (Å²) in [6.07, 6.45) is 3.05. The second-order valence-electron chi connectivity index (χ2n) is 4.32. The Hall–Kier alpha value is -1.69. The van der Waals surface area contributed by atoms with Crippen LogP contribution in [0.5, 0.6) is 0 Å². The molecule has 1 aromatic carbocycles. The van der Waals surface area contributed by atoms with Crippen LogP contribution >= 0.6 is 0 Å². The molecule has 3 nitrogen and oxygen atoms in total. The SMILES string of the molecule is Cc1c(N)cccc1N(CCC#N)C1CC1. The van der Waals surface area contributed by atoms with Gasteiger partial charge in [-0.15, -0.1) is 0 Å². The number of hydrogen-bond acceptors (Lipinski definition) is 3. The minimum atomic E-state index is 0.574. The second-order valence-corrected chi connectivity index (χ2v) is 4.32. The summed E-state index contributed by atoms with van der Waals surface area (Å²) in [5.74, 6) is 0. The van der Waals surface area contributed by atoms with Gasteiger partial charge in [0.25, 0.3) is 0 Å². The molecule has 0 radical (unpaired) electrons. The summed E-state index contributed by atoms with van der Waals surface area (Å²) in [5, 5.41) is 8.69. The lowest BCUT2D eigenvalue weighted by molar-refractivity contribution is 0.790. The highest BCUT2D eigenvalue weighted by atomic mass is 15.2. The van der Waals surface area contributed by atoms with Crippen molar-refractivity contribution in [3.63, 3.8) is 0 Å². The minimum Gasteiger partial charge on any atom is -0.398 e. The van der Waals surface area contributed by atoms with Crippen molar-refractivity contribution in [3.05, 3.63) is 23.8 Å². The Morgan fingerprint density at radius 1 is 1.50 bits per heavy atom. The number of nitrogens with two attached hydrogens (primary N) is 1. The van der Waals surface area contributed by atoms with Crippen LogP contribution in [0.15, 0.2) is 18.2 Å². The molecule has 1 aromatic rings. The van der Waals surface area contributed by atoms with E-state index < -0.39 is 0 Å². The number of rotatable bonds is 4. The van der Waals surface area contributed by atoms with Gasteiger partial charge < -0.3 is 10.6 Å². The Balaban J connectivity index is 2.24. The monoisotopic (exact) mass is 215 g/mol. The lowest BCUT2D eigenvalue weighted by atomic mass is 10.1. The fraction of sp³-hybridized carbons (Fsp3) is 0.462. The largest absolute Gasteiger partial charge is 0.398 e. The molecule has 2 N–H and O–H groups in total. The maximum Gasteiger partial charge on any atom is 0.0640 e. The minimum absolute atomic E-state index is 0.574. The van der Waals surface area contributed by atoms with Crippen molar-refractivity contribution >= 4 is 11.4 Å². The molecule has 0 aliphatic heterocycles. The number of anilines is 2. The van der Waals surface area contributed by atoms with E-state index >= 15 is 0 Å². The summed E-state index contributed by atoms with van der Waals surface area (Å²) in [7, 11) is 0. The molecule has 0 unspecified atom stereocenters. The van der Waals surface area contributed by atoms with Crippen LogP contribution in [-0.4, -0.2) is 12.6 Å². The summed E-state index contributed by atoms with van der Waals surface area (Å²) in [4.78, 5) is 2.33. The molecule has 84 valence electrons. The van der Waals surface area contributed by atoms with E-state index in [1.807, 2.05) is 19.1 Å². The normalized spacial score (nSPS) is 14.5. The van der Waals surface area contributed by atoms with E-state index in [0.717, 1.165) is 17.8 Å². The van der Waals surface area contributed by atoms with Gasteiger partial charge in [0.1, 0.15) is 0 Å². The van der Waals surface area contributed by atoms with Crippen molar-refractivity contribution < 1.29 is 0 Å². The lowest BCUT2D eigenvalue weighted by Crippen LogP contribution is -2.27. The first-order chi connectivity index (χ1) is 7.74. The lowest BCUT2D eigenvalue weighted by Gasteiger charge is -2.26. The highest BCUT2D eigenvalue weighted by Crippen LogP contribution is 2.34. The zero-order valence-corrected chi connectivity index (χ0v) is 9.61. The molecular weight excluding hydrogens is 198 g/mol. The molecule has 0 aromatic heterocycles. The van der Waals surface area contributed by atoms with Gasteiger partial charge in [-0.1, -0.05) is 6.07 Å². The number of hydrogen-bond donors (Lipinski definition) is 1. The molecule has 0 bridgehead atoms. The average molecular weight is 215 g/mol. The van der Waals surface area contributed by atoms with Crippen molar-refractivity contribution in [2.24, 2.45) is 0 Å². The van der Waals surface area contributed by atoms with Gasteiger partial charge in [-0.25, -0.2) is 0 Å². The average Bonchev–Trinajstić information content (AvgIpc) is 3.08. The van der Waals surface area contributed by atoms with Crippen molar-refractivity contribution in [1.82, 2.24) is 0 Å². The quantitative estimate of drug-likeness (QED) is 0.785. The number of nitrogen functional groups attached to an aromatic ring is 1. The molecule has 0 heterocycles. The first-order valence-corrected chi connectivity index (χ1v) is 5.72. The predicted molar refractivity (Wildman–Crippen MR) is 66.2 cm³/mol. The molecule has 0 saturated heterocycles. The Labute approximate surface area is 96.5 Å². The van der Waals surface area contributed by atoms with Gasteiger partial charge in [-0.3, -0.25) is 0 Å². The van der Waals surface area contributed by atoms with Gasteiger partial charge >= 0.3 is 0 Å². The highest BCUT2D eigenvalue weighted by Gasteiger charge is 2.29. The van der Waals surface area contributed by atoms with Gasteiger partial charge in [0.2, 0.25) is 0 Å². The van der Waals surface area contributed by atoms with E-state index in [1.54, 1.807) is 0 Å². The molecule has 16 heavy (non-hydrogen) atoms.